The number of rotatable bonds is 3. The van der Waals surface area contributed by atoms with E-state index in [4.69, 9.17) is 32.7 Å². The Labute approximate surface area is 169 Å². The second kappa shape index (κ2) is 7.29. The van der Waals surface area contributed by atoms with Crippen molar-refractivity contribution in [3.8, 4) is 11.5 Å². The van der Waals surface area contributed by atoms with Crippen molar-refractivity contribution in [2.75, 3.05) is 0 Å². The highest BCUT2D eigenvalue weighted by molar-refractivity contribution is 6.37. The number of pyridine rings is 1. The molecular weight excluding hydrogens is 409 g/mol. The first-order chi connectivity index (χ1) is 13.0. The molecule has 10 heteroatoms. The number of carbonyl (C=O) groups is 1. The number of ether oxygens (including phenoxy) is 2. The van der Waals surface area contributed by atoms with Crippen molar-refractivity contribution in [2.45, 2.75) is 26.4 Å². The summed E-state index contributed by atoms with van der Waals surface area (Å²) in [5, 5.41) is 11.5. The molecule has 0 radical (unpaired) electrons. The minimum absolute atomic E-state index is 0.00868. The standard InChI is InChI=1S/C18H15Cl2N3O5/c1-18(2,3)28-17(24)22-5-4-10-6-12(9-21-16(10)22)27-15-13(19)7-11(23(25)26)8-14(15)20/h4-9H,1-3H3. The van der Waals surface area contributed by atoms with Gasteiger partial charge in [-0.15, -0.1) is 0 Å². The van der Waals surface area contributed by atoms with Gasteiger partial charge in [-0.3, -0.25) is 10.1 Å². The molecule has 8 nitrogen and oxygen atoms in total. The van der Waals surface area contributed by atoms with E-state index in [1.54, 1.807) is 39.1 Å². The first-order valence-electron chi connectivity index (χ1n) is 8.07. The van der Waals surface area contributed by atoms with Crippen molar-refractivity contribution in [2.24, 2.45) is 0 Å². The van der Waals surface area contributed by atoms with Crippen molar-refractivity contribution in [3.05, 3.63) is 56.8 Å². The third kappa shape index (κ3) is 4.18. The number of hydrogen-bond acceptors (Lipinski definition) is 6. The summed E-state index contributed by atoms with van der Waals surface area (Å²) in [6.45, 7) is 5.31. The second-order valence-corrected chi connectivity index (χ2v) is 7.66. The Morgan fingerprint density at radius 1 is 1.21 bits per heavy atom. The highest BCUT2D eigenvalue weighted by Crippen LogP contribution is 2.39. The summed E-state index contributed by atoms with van der Waals surface area (Å²) in [6.07, 6.45) is 2.38. The van der Waals surface area contributed by atoms with E-state index in [2.05, 4.69) is 4.98 Å². The van der Waals surface area contributed by atoms with E-state index in [1.165, 1.54) is 10.8 Å². The molecule has 0 bridgehead atoms. The minimum Gasteiger partial charge on any atom is -0.453 e. The van der Waals surface area contributed by atoms with Gasteiger partial charge in [0.05, 0.1) is 21.2 Å². The van der Waals surface area contributed by atoms with Crippen LogP contribution in [0.4, 0.5) is 10.5 Å². The highest BCUT2D eigenvalue weighted by atomic mass is 35.5. The third-order valence-corrected chi connectivity index (χ3v) is 4.07. The third-order valence-electron chi connectivity index (χ3n) is 3.51. The molecular formula is C18H15Cl2N3O5. The van der Waals surface area contributed by atoms with Crippen LogP contribution in [-0.4, -0.2) is 26.2 Å². The van der Waals surface area contributed by atoms with Gasteiger partial charge in [-0.1, -0.05) is 23.2 Å². The summed E-state index contributed by atoms with van der Waals surface area (Å²) in [7, 11) is 0. The van der Waals surface area contributed by atoms with Crippen molar-refractivity contribution in [1.82, 2.24) is 9.55 Å². The van der Waals surface area contributed by atoms with E-state index < -0.39 is 16.6 Å². The number of fused-ring (bicyclic) bond motifs is 1. The summed E-state index contributed by atoms with van der Waals surface area (Å²) < 4.78 is 12.3. The Balaban J connectivity index is 1.91. The van der Waals surface area contributed by atoms with E-state index in [1.807, 2.05) is 0 Å². The van der Waals surface area contributed by atoms with E-state index in [0.717, 1.165) is 12.1 Å². The fourth-order valence-corrected chi connectivity index (χ4v) is 2.94. The van der Waals surface area contributed by atoms with Crippen molar-refractivity contribution in [3.63, 3.8) is 0 Å². The lowest BCUT2D eigenvalue weighted by Crippen LogP contribution is -2.26. The van der Waals surface area contributed by atoms with Gasteiger partial charge in [0.2, 0.25) is 0 Å². The summed E-state index contributed by atoms with van der Waals surface area (Å²) in [6, 6.07) is 5.61. The maximum Gasteiger partial charge on any atom is 0.420 e. The Hall–Kier alpha value is -2.84. The molecule has 0 amide bonds. The molecule has 3 rings (SSSR count). The number of nitrogens with zero attached hydrogens (tertiary/aromatic N) is 3. The van der Waals surface area contributed by atoms with Crippen molar-refractivity contribution >= 4 is 46.0 Å². The van der Waals surface area contributed by atoms with E-state index in [0.29, 0.717) is 16.8 Å². The average molecular weight is 424 g/mol. The number of hydrogen-bond donors (Lipinski definition) is 0. The topological polar surface area (TPSA) is 96.5 Å². The molecule has 0 aliphatic carbocycles. The van der Waals surface area contributed by atoms with Crippen LogP contribution in [0, 0.1) is 10.1 Å². The molecule has 28 heavy (non-hydrogen) atoms. The Kier molecular flexibility index (Phi) is 5.18. The zero-order valence-electron chi connectivity index (χ0n) is 15.1. The molecule has 0 N–H and O–H groups in total. The first-order valence-corrected chi connectivity index (χ1v) is 8.82. The number of nitro groups is 1. The largest absolute Gasteiger partial charge is 0.453 e. The van der Waals surface area contributed by atoms with Crippen LogP contribution in [0.2, 0.25) is 10.0 Å². The van der Waals surface area contributed by atoms with Crippen LogP contribution in [0.15, 0.2) is 36.7 Å². The number of halogens is 2. The number of non-ortho nitro benzene ring substituents is 1. The number of benzene rings is 1. The van der Waals surface area contributed by atoms with Gasteiger partial charge in [-0.25, -0.2) is 14.3 Å². The summed E-state index contributed by atoms with van der Waals surface area (Å²) >= 11 is 12.1. The maximum atomic E-state index is 12.3. The van der Waals surface area contributed by atoms with E-state index in [-0.39, 0.29) is 21.5 Å². The molecule has 1 aromatic carbocycles. The molecule has 0 aliphatic rings. The summed E-state index contributed by atoms with van der Waals surface area (Å²) in [5.41, 5.74) is -0.493. The molecule has 0 spiro atoms. The minimum atomic E-state index is -0.639. The number of carbonyl (C=O) groups excluding carboxylic acids is 1. The van der Waals surface area contributed by atoms with Crippen LogP contribution < -0.4 is 4.74 Å². The Morgan fingerprint density at radius 3 is 2.43 bits per heavy atom. The normalized spacial score (nSPS) is 11.5. The maximum absolute atomic E-state index is 12.3. The fourth-order valence-electron chi connectivity index (χ4n) is 2.39. The fraction of sp³-hybridized carbons (Fsp3) is 0.222. The van der Waals surface area contributed by atoms with Crippen molar-refractivity contribution in [1.29, 1.82) is 0 Å². The monoisotopic (exact) mass is 423 g/mol. The van der Waals surface area contributed by atoms with E-state index in [9.17, 15) is 14.9 Å². The Morgan fingerprint density at radius 2 is 1.86 bits per heavy atom. The van der Waals surface area contributed by atoms with Gasteiger partial charge in [-0.2, -0.15) is 0 Å². The number of aromatic nitrogens is 2. The van der Waals surface area contributed by atoms with Gasteiger partial charge >= 0.3 is 6.09 Å². The molecule has 0 unspecified atom stereocenters. The molecule has 2 heterocycles. The Bertz CT molecular complexity index is 1070. The zero-order chi connectivity index (χ0) is 20.6. The van der Waals surface area contributed by atoms with Gasteiger partial charge in [0.15, 0.2) is 5.75 Å². The molecule has 0 saturated carbocycles. The highest BCUT2D eigenvalue weighted by Gasteiger charge is 2.20. The summed E-state index contributed by atoms with van der Waals surface area (Å²) in [5.74, 6) is 0.369. The first kappa shape index (κ1) is 19.9. The van der Waals surface area contributed by atoms with Crippen LogP contribution in [0.3, 0.4) is 0 Å². The van der Waals surface area contributed by atoms with Gasteiger partial charge < -0.3 is 9.47 Å². The van der Waals surface area contributed by atoms with Crippen LogP contribution in [0.1, 0.15) is 20.8 Å². The van der Waals surface area contributed by atoms with E-state index >= 15 is 0 Å². The smallest absolute Gasteiger partial charge is 0.420 e. The molecule has 0 saturated heterocycles. The van der Waals surface area contributed by atoms with Crippen molar-refractivity contribution < 1.29 is 19.2 Å². The molecule has 2 aromatic heterocycles. The SMILES string of the molecule is CC(C)(C)OC(=O)n1ccc2cc(Oc3c(Cl)cc([N+](=O)[O-])cc3Cl)cnc21. The average Bonchev–Trinajstić information content (AvgIpc) is 2.99. The van der Waals surface area contributed by atoms with Crippen LogP contribution >= 0.6 is 23.2 Å². The van der Waals surface area contributed by atoms with Crippen LogP contribution in [-0.2, 0) is 4.74 Å². The molecule has 3 aromatic rings. The molecule has 0 aliphatic heterocycles. The predicted octanol–water partition coefficient (Wildman–Crippen LogP) is 5.83. The lowest BCUT2D eigenvalue weighted by Gasteiger charge is -2.19. The van der Waals surface area contributed by atoms with Gasteiger partial charge in [-0.05, 0) is 32.9 Å². The molecule has 146 valence electrons. The number of nitro benzene ring substituents is 1. The second-order valence-electron chi connectivity index (χ2n) is 6.85. The van der Waals surface area contributed by atoms with Crippen LogP contribution in [0.5, 0.6) is 11.5 Å². The van der Waals surface area contributed by atoms with Gasteiger partial charge in [0.1, 0.15) is 17.0 Å². The molecule has 0 atom stereocenters. The lowest BCUT2D eigenvalue weighted by atomic mass is 10.2. The predicted molar refractivity (Wildman–Crippen MR) is 105 cm³/mol. The van der Waals surface area contributed by atoms with Gasteiger partial charge in [0.25, 0.3) is 5.69 Å². The molecule has 0 fully saturated rings. The van der Waals surface area contributed by atoms with Crippen LogP contribution in [0.25, 0.3) is 11.0 Å². The quantitative estimate of drug-likeness (QED) is 0.388. The van der Waals surface area contributed by atoms with Gasteiger partial charge in [0, 0.05) is 23.7 Å². The lowest BCUT2D eigenvalue weighted by molar-refractivity contribution is -0.384. The summed E-state index contributed by atoms with van der Waals surface area (Å²) in [4.78, 5) is 26.8. The zero-order valence-corrected chi connectivity index (χ0v) is 16.6.